The van der Waals surface area contributed by atoms with Crippen LogP contribution in [0.3, 0.4) is 0 Å². The van der Waals surface area contributed by atoms with Gasteiger partial charge in [0.05, 0.1) is 27.7 Å². The third-order valence-corrected chi connectivity index (χ3v) is 2.97. The van der Waals surface area contributed by atoms with Gasteiger partial charge in [0.25, 0.3) is 0 Å². The molecule has 0 spiro atoms. The van der Waals surface area contributed by atoms with Crippen LogP contribution < -0.4 is 0 Å². The summed E-state index contributed by atoms with van der Waals surface area (Å²) in [6, 6.07) is 0. The Bertz CT molecular complexity index is 197. The lowest BCUT2D eigenvalue weighted by Crippen LogP contribution is -2.35. The van der Waals surface area contributed by atoms with E-state index in [1.54, 1.807) is 0 Å². The van der Waals surface area contributed by atoms with Crippen LogP contribution in [0.2, 0.25) is 0 Å². The first kappa shape index (κ1) is 16.4. The molecular weight excluding hydrogens is 214 g/mol. The third kappa shape index (κ3) is 15.4. The summed E-state index contributed by atoms with van der Waals surface area (Å²) >= 11 is 0. The van der Waals surface area contributed by atoms with E-state index in [0.717, 1.165) is 17.3 Å². The van der Waals surface area contributed by atoms with Crippen molar-refractivity contribution in [1.82, 2.24) is 0 Å². The maximum atomic E-state index is 10.3. The number of hydrogen-bond donors (Lipinski definition) is 1. The smallest absolute Gasteiger partial charge is 0.303 e. The van der Waals surface area contributed by atoms with E-state index in [0.29, 0.717) is 6.42 Å². The molecule has 0 radical (unpaired) electrons. The third-order valence-electron chi connectivity index (χ3n) is 2.97. The number of carboxylic acids is 1. The van der Waals surface area contributed by atoms with E-state index in [2.05, 4.69) is 21.1 Å². The van der Waals surface area contributed by atoms with Gasteiger partial charge in [-0.05, 0) is 19.3 Å². The zero-order valence-corrected chi connectivity index (χ0v) is 11.9. The summed E-state index contributed by atoms with van der Waals surface area (Å²) < 4.78 is 1.06. The molecule has 0 aliphatic rings. The molecule has 0 bridgehead atoms. The zero-order valence-electron chi connectivity index (χ0n) is 11.9. The maximum absolute atomic E-state index is 10.3. The van der Waals surface area contributed by atoms with Gasteiger partial charge in [-0.25, -0.2) is 0 Å². The average Bonchev–Trinajstić information content (AvgIpc) is 2.18. The summed E-state index contributed by atoms with van der Waals surface area (Å²) in [5.74, 6) is -0.662. The van der Waals surface area contributed by atoms with Crippen molar-refractivity contribution in [3.8, 4) is 0 Å². The highest BCUT2D eigenvalue weighted by molar-refractivity contribution is 5.66. The maximum Gasteiger partial charge on any atom is 0.303 e. The lowest BCUT2D eigenvalue weighted by molar-refractivity contribution is -0.870. The van der Waals surface area contributed by atoms with Crippen LogP contribution in [0.25, 0.3) is 0 Å². The van der Waals surface area contributed by atoms with E-state index in [4.69, 9.17) is 5.11 Å². The second-order valence-electron chi connectivity index (χ2n) is 5.99. The van der Waals surface area contributed by atoms with E-state index in [9.17, 15) is 4.79 Å². The number of unbranched alkanes of at least 4 members (excludes halogenated alkanes) is 7. The van der Waals surface area contributed by atoms with E-state index < -0.39 is 5.97 Å². The Morgan fingerprint density at radius 1 is 0.824 bits per heavy atom. The van der Waals surface area contributed by atoms with Crippen LogP contribution in [0.4, 0.5) is 0 Å². The van der Waals surface area contributed by atoms with Gasteiger partial charge in [0.15, 0.2) is 0 Å². The average molecular weight is 244 g/mol. The minimum absolute atomic E-state index is 0.337. The van der Waals surface area contributed by atoms with Crippen LogP contribution in [0, 0.1) is 0 Å². The molecule has 0 rings (SSSR count). The first-order chi connectivity index (χ1) is 7.92. The molecule has 17 heavy (non-hydrogen) atoms. The quantitative estimate of drug-likeness (QED) is 0.447. The van der Waals surface area contributed by atoms with Crippen LogP contribution in [-0.4, -0.2) is 43.2 Å². The molecule has 0 heterocycles. The molecule has 0 aliphatic heterocycles. The van der Waals surface area contributed by atoms with Crippen LogP contribution in [0.15, 0.2) is 0 Å². The van der Waals surface area contributed by atoms with Crippen molar-refractivity contribution in [2.24, 2.45) is 0 Å². The van der Waals surface area contributed by atoms with Gasteiger partial charge >= 0.3 is 5.97 Å². The monoisotopic (exact) mass is 244 g/mol. The number of quaternary nitrogens is 1. The van der Waals surface area contributed by atoms with Gasteiger partial charge in [0.2, 0.25) is 0 Å². The van der Waals surface area contributed by atoms with Crippen LogP contribution in [0.1, 0.15) is 57.8 Å². The molecule has 0 unspecified atom stereocenters. The van der Waals surface area contributed by atoms with E-state index >= 15 is 0 Å². The van der Waals surface area contributed by atoms with Gasteiger partial charge < -0.3 is 9.59 Å². The number of aliphatic carboxylic acids is 1. The molecule has 3 nitrogen and oxygen atoms in total. The van der Waals surface area contributed by atoms with Crippen molar-refractivity contribution in [3.63, 3.8) is 0 Å². The summed E-state index contributed by atoms with van der Waals surface area (Å²) in [5.41, 5.74) is 0. The highest BCUT2D eigenvalue weighted by atomic mass is 16.4. The number of nitrogens with zero attached hydrogens (tertiary/aromatic N) is 1. The molecule has 0 fully saturated rings. The minimum atomic E-state index is -0.662. The lowest BCUT2D eigenvalue weighted by Gasteiger charge is -2.23. The van der Waals surface area contributed by atoms with Crippen molar-refractivity contribution in [2.45, 2.75) is 57.8 Å². The van der Waals surface area contributed by atoms with Gasteiger partial charge in [-0.15, -0.1) is 0 Å². The summed E-state index contributed by atoms with van der Waals surface area (Å²) in [6.45, 7) is 1.26. The van der Waals surface area contributed by atoms with Gasteiger partial charge in [0, 0.05) is 6.42 Å². The van der Waals surface area contributed by atoms with Crippen molar-refractivity contribution in [1.29, 1.82) is 0 Å². The number of hydrogen-bond acceptors (Lipinski definition) is 1. The molecule has 0 aromatic rings. The summed E-state index contributed by atoms with van der Waals surface area (Å²) in [6.07, 6.45) is 10.0. The zero-order chi connectivity index (χ0) is 13.1. The van der Waals surface area contributed by atoms with E-state index in [1.165, 1.54) is 45.1 Å². The van der Waals surface area contributed by atoms with E-state index in [1.807, 2.05) is 0 Å². The second kappa shape index (κ2) is 9.46. The van der Waals surface area contributed by atoms with E-state index in [-0.39, 0.29) is 0 Å². The summed E-state index contributed by atoms with van der Waals surface area (Å²) in [4.78, 5) is 10.3. The van der Waals surface area contributed by atoms with Crippen molar-refractivity contribution >= 4 is 5.97 Å². The second-order valence-corrected chi connectivity index (χ2v) is 5.99. The fourth-order valence-corrected chi connectivity index (χ4v) is 1.92. The highest BCUT2D eigenvalue weighted by Crippen LogP contribution is 2.10. The van der Waals surface area contributed by atoms with Crippen LogP contribution in [-0.2, 0) is 4.79 Å². The van der Waals surface area contributed by atoms with Crippen LogP contribution in [0.5, 0.6) is 0 Å². The molecule has 102 valence electrons. The standard InChI is InChI=1S/C14H29NO2/c1-15(2,3)13-11-9-7-5-4-6-8-10-12-14(16)17/h4-13H2,1-3H3/p+1. The Kier molecular flexibility index (Phi) is 9.14. The Morgan fingerprint density at radius 3 is 1.65 bits per heavy atom. The topological polar surface area (TPSA) is 37.3 Å². The predicted molar refractivity (Wildman–Crippen MR) is 72.1 cm³/mol. The Morgan fingerprint density at radius 2 is 1.24 bits per heavy atom. The Balaban J connectivity index is 3.06. The molecule has 0 aromatic heterocycles. The Hall–Kier alpha value is -0.570. The molecular formula is C14H30NO2+. The fourth-order valence-electron chi connectivity index (χ4n) is 1.92. The SMILES string of the molecule is C[N+](C)(C)CCCCCCCCCCC(=O)O. The minimum Gasteiger partial charge on any atom is -0.481 e. The highest BCUT2D eigenvalue weighted by Gasteiger charge is 2.04. The molecule has 0 aromatic carbocycles. The number of rotatable bonds is 11. The summed E-state index contributed by atoms with van der Waals surface area (Å²) in [7, 11) is 6.72. The van der Waals surface area contributed by atoms with Crippen molar-refractivity contribution in [2.75, 3.05) is 27.7 Å². The normalized spacial score (nSPS) is 11.7. The first-order valence-electron chi connectivity index (χ1n) is 6.94. The molecule has 0 saturated heterocycles. The molecule has 3 heteroatoms. The fraction of sp³-hybridized carbons (Fsp3) is 0.929. The summed E-state index contributed by atoms with van der Waals surface area (Å²) in [5, 5.41) is 8.48. The first-order valence-corrected chi connectivity index (χ1v) is 6.94. The van der Waals surface area contributed by atoms with Gasteiger partial charge in [0.1, 0.15) is 0 Å². The Labute approximate surface area is 106 Å². The molecule has 0 saturated carbocycles. The van der Waals surface area contributed by atoms with Crippen molar-refractivity contribution < 1.29 is 14.4 Å². The lowest BCUT2D eigenvalue weighted by atomic mass is 10.1. The molecule has 0 atom stereocenters. The van der Waals surface area contributed by atoms with Crippen molar-refractivity contribution in [3.05, 3.63) is 0 Å². The number of carboxylic acid groups (broad SMARTS) is 1. The van der Waals surface area contributed by atoms with Crippen LogP contribution >= 0.6 is 0 Å². The van der Waals surface area contributed by atoms with Gasteiger partial charge in [-0.2, -0.15) is 0 Å². The van der Waals surface area contributed by atoms with Gasteiger partial charge in [-0.3, -0.25) is 4.79 Å². The largest absolute Gasteiger partial charge is 0.481 e. The molecule has 0 amide bonds. The molecule has 0 aliphatic carbocycles. The van der Waals surface area contributed by atoms with Gasteiger partial charge in [-0.1, -0.05) is 32.1 Å². The number of carbonyl (C=O) groups is 1. The molecule has 1 N–H and O–H groups in total. The predicted octanol–water partition coefficient (Wildman–Crippen LogP) is 3.29.